The van der Waals surface area contributed by atoms with E-state index >= 15 is 0 Å². The molecule has 0 aliphatic heterocycles. The number of aromatic nitrogens is 2. The topological polar surface area (TPSA) is 17.8 Å². The second-order valence-electron chi connectivity index (χ2n) is 6.19. The van der Waals surface area contributed by atoms with Gasteiger partial charge in [0.05, 0.1) is 11.9 Å². The van der Waals surface area contributed by atoms with E-state index in [0.29, 0.717) is 0 Å². The van der Waals surface area contributed by atoms with Crippen LogP contribution in [0.15, 0.2) is 30.5 Å². The molecule has 0 fully saturated rings. The van der Waals surface area contributed by atoms with Crippen molar-refractivity contribution in [2.75, 3.05) is 0 Å². The molecule has 0 saturated carbocycles. The molecule has 1 aromatic heterocycles. The minimum Gasteiger partial charge on any atom is -0.268 e. The average molecular weight is 242 g/mol. The van der Waals surface area contributed by atoms with E-state index in [-0.39, 0.29) is 5.41 Å². The average Bonchev–Trinajstić information content (AvgIpc) is 2.59. The maximum atomic E-state index is 4.43. The minimum absolute atomic E-state index is 0.278. The van der Waals surface area contributed by atoms with E-state index in [2.05, 4.69) is 57.1 Å². The van der Waals surface area contributed by atoms with Gasteiger partial charge < -0.3 is 0 Å². The van der Waals surface area contributed by atoms with Gasteiger partial charge in [-0.3, -0.25) is 4.68 Å². The van der Waals surface area contributed by atoms with E-state index in [1.165, 1.54) is 22.4 Å². The molecule has 2 rings (SSSR count). The molecule has 2 aromatic rings. The molecule has 96 valence electrons. The second kappa shape index (κ2) is 4.60. The zero-order valence-electron chi connectivity index (χ0n) is 12.0. The molecule has 0 amide bonds. The van der Waals surface area contributed by atoms with Gasteiger partial charge in [0.1, 0.15) is 0 Å². The largest absolute Gasteiger partial charge is 0.268 e. The van der Waals surface area contributed by atoms with Crippen molar-refractivity contribution in [3.63, 3.8) is 0 Å². The third kappa shape index (κ3) is 2.63. The smallest absolute Gasteiger partial charge is 0.0713 e. The molecule has 0 radical (unpaired) electrons. The predicted octanol–water partition coefficient (Wildman–Crippen LogP) is 3.98. The summed E-state index contributed by atoms with van der Waals surface area (Å²) in [6, 6.07) is 8.51. The molecule has 0 spiro atoms. The Morgan fingerprint density at radius 3 is 2.44 bits per heavy atom. The normalized spacial score (nSPS) is 11.8. The van der Waals surface area contributed by atoms with Gasteiger partial charge in [0.25, 0.3) is 0 Å². The van der Waals surface area contributed by atoms with Crippen LogP contribution in [0.1, 0.15) is 31.9 Å². The number of nitrogens with zero attached hydrogens (tertiary/aromatic N) is 2. The summed E-state index contributed by atoms with van der Waals surface area (Å²) in [5.74, 6) is 0. The van der Waals surface area contributed by atoms with Crippen molar-refractivity contribution in [1.82, 2.24) is 9.78 Å². The summed E-state index contributed by atoms with van der Waals surface area (Å²) in [5.41, 5.74) is 5.45. The standard InChI is InChI=1S/C16H22N2/c1-12-8-6-7-9-14(12)15-13(10-16(2,3)4)11-17-18(15)5/h6-9,11H,10H2,1-5H3. The Morgan fingerprint density at radius 1 is 1.17 bits per heavy atom. The number of benzene rings is 1. The Balaban J connectivity index is 2.51. The lowest BCUT2D eigenvalue weighted by Crippen LogP contribution is -2.10. The SMILES string of the molecule is Cc1ccccc1-c1c(CC(C)(C)C)cnn1C. The van der Waals surface area contributed by atoms with Gasteiger partial charge >= 0.3 is 0 Å². The lowest BCUT2D eigenvalue weighted by Gasteiger charge is -2.18. The van der Waals surface area contributed by atoms with Gasteiger partial charge in [-0.1, -0.05) is 45.0 Å². The molecule has 1 aromatic carbocycles. The van der Waals surface area contributed by atoms with Crippen molar-refractivity contribution in [2.45, 2.75) is 34.1 Å². The van der Waals surface area contributed by atoms with Crippen LogP contribution in [-0.4, -0.2) is 9.78 Å². The monoisotopic (exact) mass is 242 g/mol. The first-order chi connectivity index (χ1) is 8.38. The molecule has 0 N–H and O–H groups in total. The molecule has 0 bridgehead atoms. The third-order valence-corrected chi connectivity index (χ3v) is 3.14. The summed E-state index contributed by atoms with van der Waals surface area (Å²) in [7, 11) is 2.02. The van der Waals surface area contributed by atoms with Crippen molar-refractivity contribution in [3.8, 4) is 11.3 Å². The Bertz CT molecular complexity index is 544. The zero-order chi connectivity index (χ0) is 13.3. The molecule has 1 heterocycles. The minimum atomic E-state index is 0.278. The first-order valence-corrected chi connectivity index (χ1v) is 6.45. The Kier molecular flexibility index (Phi) is 3.29. The molecule has 0 atom stereocenters. The molecule has 0 aliphatic rings. The van der Waals surface area contributed by atoms with Crippen LogP contribution >= 0.6 is 0 Å². The first kappa shape index (κ1) is 12.9. The summed E-state index contributed by atoms with van der Waals surface area (Å²) in [5, 5.41) is 4.43. The van der Waals surface area contributed by atoms with Crippen LogP contribution in [0.2, 0.25) is 0 Å². The van der Waals surface area contributed by atoms with Crippen LogP contribution in [-0.2, 0) is 13.5 Å². The fourth-order valence-electron chi connectivity index (χ4n) is 2.37. The summed E-state index contributed by atoms with van der Waals surface area (Å²) < 4.78 is 1.99. The molecular weight excluding hydrogens is 220 g/mol. The predicted molar refractivity (Wildman–Crippen MR) is 76.5 cm³/mol. The van der Waals surface area contributed by atoms with Crippen molar-refractivity contribution >= 4 is 0 Å². The van der Waals surface area contributed by atoms with Gasteiger partial charge in [0.2, 0.25) is 0 Å². The molecule has 0 unspecified atom stereocenters. The second-order valence-corrected chi connectivity index (χ2v) is 6.19. The number of aryl methyl sites for hydroxylation is 2. The van der Waals surface area contributed by atoms with Crippen molar-refractivity contribution in [1.29, 1.82) is 0 Å². The van der Waals surface area contributed by atoms with Crippen LogP contribution in [0.25, 0.3) is 11.3 Å². The van der Waals surface area contributed by atoms with E-state index in [1.54, 1.807) is 0 Å². The van der Waals surface area contributed by atoms with Crippen LogP contribution in [0.5, 0.6) is 0 Å². The molecule has 18 heavy (non-hydrogen) atoms. The summed E-state index contributed by atoms with van der Waals surface area (Å²) >= 11 is 0. The maximum absolute atomic E-state index is 4.43. The van der Waals surface area contributed by atoms with E-state index in [0.717, 1.165) is 6.42 Å². The number of rotatable bonds is 2. The first-order valence-electron chi connectivity index (χ1n) is 6.45. The van der Waals surface area contributed by atoms with E-state index < -0.39 is 0 Å². The van der Waals surface area contributed by atoms with Gasteiger partial charge in [0, 0.05) is 12.6 Å². The van der Waals surface area contributed by atoms with Crippen LogP contribution in [0.3, 0.4) is 0 Å². The number of hydrogen-bond acceptors (Lipinski definition) is 1. The van der Waals surface area contributed by atoms with E-state index in [1.807, 2.05) is 17.9 Å². The highest BCUT2D eigenvalue weighted by molar-refractivity contribution is 5.67. The quantitative estimate of drug-likeness (QED) is 0.778. The van der Waals surface area contributed by atoms with Crippen LogP contribution in [0, 0.1) is 12.3 Å². The Hall–Kier alpha value is -1.57. The summed E-state index contributed by atoms with van der Waals surface area (Å²) in [6.07, 6.45) is 3.05. The molecule has 2 heteroatoms. The zero-order valence-corrected chi connectivity index (χ0v) is 12.0. The lowest BCUT2D eigenvalue weighted by atomic mass is 9.87. The van der Waals surface area contributed by atoms with Crippen molar-refractivity contribution in [2.24, 2.45) is 12.5 Å². The molecule has 0 saturated heterocycles. The summed E-state index contributed by atoms with van der Waals surface area (Å²) in [6.45, 7) is 8.95. The number of hydrogen-bond donors (Lipinski definition) is 0. The van der Waals surface area contributed by atoms with Gasteiger partial charge in [0.15, 0.2) is 0 Å². The van der Waals surface area contributed by atoms with Crippen molar-refractivity contribution in [3.05, 3.63) is 41.6 Å². The fraction of sp³-hybridized carbons (Fsp3) is 0.438. The van der Waals surface area contributed by atoms with Gasteiger partial charge in [-0.05, 0) is 29.9 Å². The highest BCUT2D eigenvalue weighted by atomic mass is 15.3. The van der Waals surface area contributed by atoms with Crippen molar-refractivity contribution < 1.29 is 0 Å². The Labute approximate surface area is 110 Å². The van der Waals surface area contributed by atoms with E-state index in [9.17, 15) is 0 Å². The maximum Gasteiger partial charge on any atom is 0.0713 e. The van der Waals surface area contributed by atoms with Gasteiger partial charge in [-0.25, -0.2) is 0 Å². The van der Waals surface area contributed by atoms with Gasteiger partial charge in [-0.15, -0.1) is 0 Å². The third-order valence-electron chi connectivity index (χ3n) is 3.14. The van der Waals surface area contributed by atoms with Crippen LogP contribution in [0.4, 0.5) is 0 Å². The highest BCUT2D eigenvalue weighted by Gasteiger charge is 2.18. The fourth-order valence-corrected chi connectivity index (χ4v) is 2.37. The summed E-state index contributed by atoms with van der Waals surface area (Å²) in [4.78, 5) is 0. The molecule has 2 nitrogen and oxygen atoms in total. The van der Waals surface area contributed by atoms with Gasteiger partial charge in [-0.2, -0.15) is 5.10 Å². The van der Waals surface area contributed by atoms with Crippen LogP contribution < -0.4 is 0 Å². The Morgan fingerprint density at radius 2 is 1.83 bits per heavy atom. The molecule has 0 aliphatic carbocycles. The highest BCUT2D eigenvalue weighted by Crippen LogP contribution is 2.30. The lowest BCUT2D eigenvalue weighted by molar-refractivity contribution is 0.411. The molecular formula is C16H22N2. The van der Waals surface area contributed by atoms with E-state index in [4.69, 9.17) is 0 Å².